The fourth-order valence-corrected chi connectivity index (χ4v) is 1.23. The lowest BCUT2D eigenvalue weighted by atomic mass is 10.3. The van der Waals surface area contributed by atoms with E-state index in [-0.39, 0.29) is 19.3 Å². The SMILES string of the molecule is CSc1nccc(C(=O)/C=C/N(C)C)n1.S. The first-order valence-electron chi connectivity index (χ1n) is 4.39. The van der Waals surface area contributed by atoms with Gasteiger partial charge in [-0.15, -0.1) is 0 Å². The van der Waals surface area contributed by atoms with Crippen LogP contribution in [0.5, 0.6) is 0 Å². The van der Waals surface area contributed by atoms with Gasteiger partial charge in [0.25, 0.3) is 0 Å². The molecule has 0 aliphatic carbocycles. The van der Waals surface area contributed by atoms with E-state index in [1.165, 1.54) is 17.8 Å². The maximum absolute atomic E-state index is 11.6. The summed E-state index contributed by atoms with van der Waals surface area (Å²) in [6, 6.07) is 1.61. The normalized spacial score (nSPS) is 9.94. The Kier molecular flexibility index (Phi) is 6.83. The molecule has 88 valence electrons. The maximum Gasteiger partial charge on any atom is 0.205 e. The molecule has 0 saturated carbocycles. The van der Waals surface area contributed by atoms with Gasteiger partial charge in [0, 0.05) is 32.6 Å². The summed E-state index contributed by atoms with van der Waals surface area (Å²) >= 11 is 1.42. The van der Waals surface area contributed by atoms with Crippen molar-refractivity contribution in [1.82, 2.24) is 14.9 Å². The van der Waals surface area contributed by atoms with E-state index in [9.17, 15) is 4.79 Å². The van der Waals surface area contributed by atoms with E-state index in [4.69, 9.17) is 0 Å². The molecule has 0 atom stereocenters. The third-order valence-electron chi connectivity index (χ3n) is 1.59. The highest BCUT2D eigenvalue weighted by Crippen LogP contribution is 2.08. The van der Waals surface area contributed by atoms with Crippen LogP contribution in [-0.2, 0) is 0 Å². The van der Waals surface area contributed by atoms with Crippen LogP contribution in [0.3, 0.4) is 0 Å². The molecule has 0 unspecified atom stereocenters. The molecule has 0 radical (unpaired) electrons. The average molecular weight is 257 g/mol. The topological polar surface area (TPSA) is 46.1 Å². The van der Waals surface area contributed by atoms with Gasteiger partial charge in [-0.2, -0.15) is 13.5 Å². The predicted octanol–water partition coefficient (Wildman–Crippen LogP) is 1.57. The first-order chi connectivity index (χ1) is 7.13. The van der Waals surface area contributed by atoms with Crippen molar-refractivity contribution in [3.8, 4) is 0 Å². The van der Waals surface area contributed by atoms with Gasteiger partial charge < -0.3 is 4.90 Å². The van der Waals surface area contributed by atoms with Gasteiger partial charge in [0.1, 0.15) is 5.69 Å². The van der Waals surface area contributed by atoms with Gasteiger partial charge in [0.2, 0.25) is 5.78 Å². The summed E-state index contributed by atoms with van der Waals surface area (Å²) in [5.74, 6) is -0.110. The Morgan fingerprint density at radius 1 is 1.50 bits per heavy atom. The van der Waals surface area contributed by atoms with Gasteiger partial charge in [-0.05, 0) is 12.3 Å². The summed E-state index contributed by atoms with van der Waals surface area (Å²) in [6.45, 7) is 0. The Morgan fingerprint density at radius 2 is 2.19 bits per heavy atom. The number of carbonyl (C=O) groups is 1. The quantitative estimate of drug-likeness (QED) is 0.354. The number of thioether (sulfide) groups is 1. The summed E-state index contributed by atoms with van der Waals surface area (Å²) < 4.78 is 0. The Labute approximate surface area is 107 Å². The molecule has 0 bridgehead atoms. The molecule has 4 nitrogen and oxygen atoms in total. The minimum absolute atomic E-state index is 0. The lowest BCUT2D eigenvalue weighted by molar-refractivity contribution is 0.104. The second kappa shape index (κ2) is 7.29. The molecular weight excluding hydrogens is 242 g/mol. The summed E-state index contributed by atoms with van der Waals surface area (Å²) in [5.41, 5.74) is 0.424. The van der Waals surface area contributed by atoms with Crippen molar-refractivity contribution in [2.75, 3.05) is 20.4 Å². The fraction of sp³-hybridized carbons (Fsp3) is 0.300. The minimum Gasteiger partial charge on any atom is -0.383 e. The molecule has 0 fully saturated rings. The van der Waals surface area contributed by atoms with Crippen molar-refractivity contribution in [1.29, 1.82) is 0 Å². The number of hydrogen-bond acceptors (Lipinski definition) is 5. The average Bonchev–Trinajstić information content (AvgIpc) is 2.26. The molecule has 1 aromatic rings. The van der Waals surface area contributed by atoms with E-state index in [1.54, 1.807) is 23.4 Å². The number of rotatable bonds is 4. The Morgan fingerprint density at radius 3 is 2.75 bits per heavy atom. The van der Waals surface area contributed by atoms with Crippen LogP contribution in [-0.4, -0.2) is 41.0 Å². The number of nitrogens with zero attached hydrogens (tertiary/aromatic N) is 3. The fourth-order valence-electron chi connectivity index (χ4n) is 0.879. The number of ketones is 1. The van der Waals surface area contributed by atoms with Crippen molar-refractivity contribution >= 4 is 31.0 Å². The van der Waals surface area contributed by atoms with Gasteiger partial charge in [0.15, 0.2) is 5.16 Å². The zero-order valence-corrected chi connectivity index (χ0v) is 11.3. The van der Waals surface area contributed by atoms with Crippen molar-refractivity contribution in [2.24, 2.45) is 0 Å². The Hall–Kier alpha value is -1.01. The highest BCUT2D eigenvalue weighted by atomic mass is 32.2. The van der Waals surface area contributed by atoms with Crippen LogP contribution in [0.1, 0.15) is 10.5 Å². The molecule has 0 aromatic carbocycles. The van der Waals surface area contributed by atoms with E-state index in [2.05, 4.69) is 9.97 Å². The van der Waals surface area contributed by atoms with Crippen LogP contribution in [0.2, 0.25) is 0 Å². The molecule has 0 spiro atoms. The Balaban J connectivity index is 0.00000225. The van der Waals surface area contributed by atoms with Crippen LogP contribution in [0, 0.1) is 0 Å². The third kappa shape index (κ3) is 4.67. The Bertz CT molecular complexity index is 380. The molecule has 1 aromatic heterocycles. The van der Waals surface area contributed by atoms with E-state index < -0.39 is 0 Å². The van der Waals surface area contributed by atoms with Crippen LogP contribution in [0.25, 0.3) is 0 Å². The van der Waals surface area contributed by atoms with Crippen molar-refractivity contribution in [2.45, 2.75) is 5.16 Å². The zero-order chi connectivity index (χ0) is 11.3. The molecule has 0 N–H and O–H groups in total. The number of aromatic nitrogens is 2. The molecule has 0 aliphatic heterocycles. The smallest absolute Gasteiger partial charge is 0.205 e. The lowest BCUT2D eigenvalue weighted by Crippen LogP contribution is -2.05. The number of hydrogen-bond donors (Lipinski definition) is 0. The number of allylic oxidation sites excluding steroid dienone is 1. The summed E-state index contributed by atoms with van der Waals surface area (Å²) in [7, 11) is 3.72. The van der Waals surface area contributed by atoms with Crippen LogP contribution < -0.4 is 0 Å². The molecule has 1 heterocycles. The van der Waals surface area contributed by atoms with E-state index >= 15 is 0 Å². The minimum atomic E-state index is -0.110. The first-order valence-corrected chi connectivity index (χ1v) is 5.62. The third-order valence-corrected chi connectivity index (χ3v) is 2.15. The molecule has 6 heteroatoms. The first kappa shape index (κ1) is 15.0. The van der Waals surface area contributed by atoms with Gasteiger partial charge in [-0.3, -0.25) is 4.79 Å². The molecule has 0 aliphatic rings. The van der Waals surface area contributed by atoms with Crippen LogP contribution in [0.4, 0.5) is 0 Å². The summed E-state index contributed by atoms with van der Waals surface area (Å²) in [4.78, 5) is 21.5. The van der Waals surface area contributed by atoms with Gasteiger partial charge >= 0.3 is 0 Å². The second-order valence-electron chi connectivity index (χ2n) is 3.07. The lowest BCUT2D eigenvalue weighted by Gasteiger charge is -2.02. The predicted molar refractivity (Wildman–Crippen MR) is 71.4 cm³/mol. The maximum atomic E-state index is 11.6. The zero-order valence-electron chi connectivity index (χ0n) is 9.47. The highest BCUT2D eigenvalue weighted by Gasteiger charge is 2.04. The summed E-state index contributed by atoms with van der Waals surface area (Å²) in [6.07, 6.45) is 6.66. The molecule has 0 amide bonds. The van der Waals surface area contributed by atoms with Gasteiger partial charge in [0.05, 0.1) is 0 Å². The van der Waals surface area contributed by atoms with Crippen LogP contribution >= 0.6 is 25.3 Å². The standard InChI is InChI=1S/C10H13N3OS.H2S/c1-13(2)7-5-9(14)8-4-6-11-10(12-8)15-3;/h4-7H,1-3H3;1H2/b7-5+;. The summed E-state index contributed by atoms with van der Waals surface area (Å²) in [5, 5.41) is 0.610. The van der Waals surface area contributed by atoms with Crippen molar-refractivity contribution in [3.05, 3.63) is 30.2 Å². The molecule has 0 saturated heterocycles. The van der Waals surface area contributed by atoms with E-state index in [0.29, 0.717) is 10.9 Å². The van der Waals surface area contributed by atoms with Crippen LogP contribution in [0.15, 0.2) is 29.7 Å². The van der Waals surface area contributed by atoms with Gasteiger partial charge in [-0.25, -0.2) is 9.97 Å². The highest BCUT2D eigenvalue weighted by molar-refractivity contribution is 7.98. The molecule has 16 heavy (non-hydrogen) atoms. The number of carbonyl (C=O) groups excluding carboxylic acids is 1. The van der Waals surface area contributed by atoms with Crippen molar-refractivity contribution in [3.63, 3.8) is 0 Å². The van der Waals surface area contributed by atoms with E-state index in [0.717, 1.165) is 0 Å². The molecule has 1 rings (SSSR count). The largest absolute Gasteiger partial charge is 0.383 e. The van der Waals surface area contributed by atoms with Crippen molar-refractivity contribution < 1.29 is 4.79 Å². The molecular formula is C10H15N3OS2. The second-order valence-corrected chi connectivity index (χ2v) is 3.85. The monoisotopic (exact) mass is 257 g/mol. The van der Waals surface area contributed by atoms with E-state index in [1.807, 2.05) is 20.4 Å². The van der Waals surface area contributed by atoms with Gasteiger partial charge in [-0.1, -0.05) is 11.8 Å².